The van der Waals surface area contributed by atoms with Gasteiger partial charge in [-0.1, -0.05) is 33.6 Å². The lowest BCUT2D eigenvalue weighted by Gasteiger charge is -2.12. The average Bonchev–Trinajstić information content (AvgIpc) is 2.79. The first-order chi connectivity index (χ1) is 9.56. The molecule has 0 amide bonds. The maximum atomic E-state index is 6.31. The molecule has 0 saturated heterocycles. The van der Waals surface area contributed by atoms with Gasteiger partial charge in [-0.2, -0.15) is 0 Å². The highest BCUT2D eigenvalue weighted by molar-refractivity contribution is 9.09. The summed E-state index contributed by atoms with van der Waals surface area (Å²) >= 11 is 11.7. The highest BCUT2D eigenvalue weighted by Crippen LogP contribution is 2.39. The van der Waals surface area contributed by atoms with Gasteiger partial charge in [-0.3, -0.25) is 0 Å². The molecule has 2 rings (SSSR count). The van der Waals surface area contributed by atoms with Crippen molar-refractivity contribution in [3.05, 3.63) is 44.6 Å². The van der Waals surface area contributed by atoms with Crippen molar-refractivity contribution in [1.29, 1.82) is 0 Å². The molecule has 1 heterocycles. The second kappa shape index (κ2) is 6.83. The van der Waals surface area contributed by atoms with Crippen LogP contribution in [0.3, 0.4) is 0 Å². The molecule has 0 fully saturated rings. The van der Waals surface area contributed by atoms with Gasteiger partial charge < -0.3 is 9.47 Å². The van der Waals surface area contributed by atoms with Crippen LogP contribution >= 0.6 is 38.9 Å². The number of aryl methyl sites for hydroxylation is 1. The molecule has 108 valence electrons. The quantitative estimate of drug-likeness (QED) is 0.651. The Morgan fingerprint density at radius 2 is 1.95 bits per heavy atom. The van der Waals surface area contributed by atoms with Gasteiger partial charge in [-0.25, -0.2) is 0 Å². The average molecular weight is 376 g/mol. The van der Waals surface area contributed by atoms with Crippen molar-refractivity contribution in [3.8, 4) is 11.5 Å². The number of thiophene rings is 1. The third-order valence-corrected chi connectivity index (χ3v) is 5.98. The SMILES string of the molecule is COc1ccc(CC(Br)c2scc(C)c2Cl)cc1OC. The van der Waals surface area contributed by atoms with Gasteiger partial charge in [0.1, 0.15) is 0 Å². The minimum Gasteiger partial charge on any atom is -0.493 e. The summed E-state index contributed by atoms with van der Waals surface area (Å²) in [5, 5.41) is 2.94. The van der Waals surface area contributed by atoms with Crippen LogP contribution in [-0.2, 0) is 6.42 Å². The molecule has 1 aromatic carbocycles. The summed E-state index contributed by atoms with van der Waals surface area (Å²) in [4.78, 5) is 1.37. The lowest BCUT2D eigenvalue weighted by atomic mass is 10.1. The molecule has 1 unspecified atom stereocenters. The van der Waals surface area contributed by atoms with Gasteiger partial charge in [-0.15, -0.1) is 11.3 Å². The number of benzene rings is 1. The molecule has 1 aromatic heterocycles. The van der Waals surface area contributed by atoms with E-state index in [1.54, 1.807) is 25.6 Å². The van der Waals surface area contributed by atoms with Gasteiger partial charge in [0.25, 0.3) is 0 Å². The first kappa shape index (κ1) is 15.7. The zero-order valence-corrected chi connectivity index (χ0v) is 14.7. The highest BCUT2D eigenvalue weighted by atomic mass is 79.9. The van der Waals surface area contributed by atoms with Crippen molar-refractivity contribution < 1.29 is 9.47 Å². The summed E-state index contributed by atoms with van der Waals surface area (Å²) in [6.45, 7) is 2.03. The Kier molecular flexibility index (Phi) is 5.35. The van der Waals surface area contributed by atoms with Crippen LogP contribution in [0.25, 0.3) is 0 Å². The monoisotopic (exact) mass is 374 g/mol. The van der Waals surface area contributed by atoms with E-state index in [9.17, 15) is 0 Å². The van der Waals surface area contributed by atoms with E-state index < -0.39 is 0 Å². The maximum Gasteiger partial charge on any atom is 0.160 e. The van der Waals surface area contributed by atoms with Crippen molar-refractivity contribution in [2.45, 2.75) is 18.2 Å². The molecule has 0 saturated carbocycles. The molecule has 2 nitrogen and oxygen atoms in total. The molecule has 0 spiro atoms. The number of hydrogen-bond donors (Lipinski definition) is 0. The molecule has 20 heavy (non-hydrogen) atoms. The molecule has 0 radical (unpaired) electrons. The standard InChI is InChI=1S/C15H16BrClO2S/c1-9-8-20-15(14(9)17)11(16)6-10-4-5-12(18-2)13(7-10)19-3/h4-5,7-8,11H,6H2,1-3H3. The predicted molar refractivity (Wildman–Crippen MR) is 89.0 cm³/mol. The number of methoxy groups -OCH3 is 2. The van der Waals surface area contributed by atoms with Crippen LogP contribution in [0.4, 0.5) is 0 Å². The summed E-state index contributed by atoms with van der Waals surface area (Å²) in [6, 6.07) is 5.97. The summed E-state index contributed by atoms with van der Waals surface area (Å²) in [5.74, 6) is 1.49. The van der Waals surface area contributed by atoms with Crippen molar-refractivity contribution in [2.24, 2.45) is 0 Å². The Morgan fingerprint density at radius 3 is 2.50 bits per heavy atom. The molecule has 0 aliphatic carbocycles. The van der Waals surface area contributed by atoms with E-state index in [1.165, 1.54) is 10.4 Å². The number of rotatable bonds is 5. The van der Waals surface area contributed by atoms with Crippen molar-refractivity contribution in [2.75, 3.05) is 14.2 Å². The van der Waals surface area contributed by atoms with Crippen molar-refractivity contribution in [3.63, 3.8) is 0 Å². The molecule has 0 N–H and O–H groups in total. The number of halogens is 2. The second-order valence-electron chi connectivity index (χ2n) is 4.46. The molecule has 5 heteroatoms. The first-order valence-electron chi connectivity index (χ1n) is 6.15. The molecule has 1 atom stereocenters. The van der Waals surface area contributed by atoms with Gasteiger partial charge in [0.05, 0.1) is 24.1 Å². The Bertz CT molecular complexity index is 598. The number of ether oxygens (including phenoxy) is 2. The third kappa shape index (κ3) is 3.30. The van der Waals surface area contributed by atoms with Crippen LogP contribution in [0, 0.1) is 6.92 Å². The smallest absolute Gasteiger partial charge is 0.160 e. The van der Waals surface area contributed by atoms with E-state index in [2.05, 4.69) is 21.3 Å². The van der Waals surface area contributed by atoms with Crippen LogP contribution in [0.15, 0.2) is 23.6 Å². The summed E-state index contributed by atoms with van der Waals surface area (Å²) in [5.41, 5.74) is 2.30. The molecule has 0 aliphatic heterocycles. The fourth-order valence-electron chi connectivity index (χ4n) is 1.97. The third-order valence-electron chi connectivity index (χ3n) is 3.07. The van der Waals surface area contributed by atoms with Crippen LogP contribution in [0.2, 0.25) is 5.02 Å². The minimum atomic E-state index is 0.201. The van der Waals surface area contributed by atoms with Crippen LogP contribution in [0.1, 0.15) is 20.8 Å². The number of hydrogen-bond acceptors (Lipinski definition) is 3. The molecule has 2 aromatic rings. The van der Waals surface area contributed by atoms with Gasteiger partial charge in [0.15, 0.2) is 11.5 Å². The maximum absolute atomic E-state index is 6.31. The second-order valence-corrected chi connectivity index (χ2v) is 6.85. The summed E-state index contributed by atoms with van der Waals surface area (Å²) in [6.07, 6.45) is 0.847. The molecular weight excluding hydrogens is 360 g/mol. The normalized spacial score (nSPS) is 12.2. The topological polar surface area (TPSA) is 18.5 Å². The Balaban J connectivity index is 2.19. The van der Waals surface area contributed by atoms with E-state index in [1.807, 2.05) is 25.1 Å². The van der Waals surface area contributed by atoms with Crippen molar-refractivity contribution >= 4 is 38.9 Å². The van der Waals surface area contributed by atoms with Crippen LogP contribution < -0.4 is 9.47 Å². The largest absolute Gasteiger partial charge is 0.493 e. The summed E-state index contributed by atoms with van der Waals surface area (Å²) < 4.78 is 10.6. The predicted octanol–water partition coefficient (Wildman–Crippen LogP) is 5.41. The lowest BCUT2D eigenvalue weighted by Crippen LogP contribution is -1.96. The Hall–Kier alpha value is -0.710. The molecular formula is C15H16BrClO2S. The van der Waals surface area contributed by atoms with E-state index >= 15 is 0 Å². The fraction of sp³-hybridized carbons (Fsp3) is 0.333. The Labute approximate surface area is 136 Å². The summed E-state index contributed by atoms with van der Waals surface area (Å²) in [7, 11) is 3.28. The van der Waals surface area contributed by atoms with Gasteiger partial charge in [0.2, 0.25) is 0 Å². The van der Waals surface area contributed by atoms with Crippen LogP contribution in [-0.4, -0.2) is 14.2 Å². The van der Waals surface area contributed by atoms with E-state index in [4.69, 9.17) is 21.1 Å². The zero-order chi connectivity index (χ0) is 14.7. The van der Waals surface area contributed by atoms with Crippen molar-refractivity contribution in [1.82, 2.24) is 0 Å². The van der Waals surface area contributed by atoms with E-state index in [-0.39, 0.29) is 4.83 Å². The van der Waals surface area contributed by atoms with Gasteiger partial charge >= 0.3 is 0 Å². The van der Waals surface area contributed by atoms with Crippen LogP contribution in [0.5, 0.6) is 11.5 Å². The zero-order valence-electron chi connectivity index (χ0n) is 11.6. The van der Waals surface area contributed by atoms with Gasteiger partial charge in [-0.05, 0) is 42.0 Å². The van der Waals surface area contributed by atoms with E-state index in [0.717, 1.165) is 28.5 Å². The minimum absolute atomic E-state index is 0.201. The lowest BCUT2D eigenvalue weighted by molar-refractivity contribution is 0.354. The first-order valence-corrected chi connectivity index (χ1v) is 8.32. The molecule has 0 aliphatic rings. The van der Waals surface area contributed by atoms with Gasteiger partial charge in [0, 0.05) is 4.88 Å². The van der Waals surface area contributed by atoms with E-state index in [0.29, 0.717) is 0 Å². The fourth-order valence-corrected chi connectivity index (χ4v) is 4.33. The highest BCUT2D eigenvalue weighted by Gasteiger charge is 2.16. The Morgan fingerprint density at radius 1 is 1.25 bits per heavy atom. The molecule has 0 bridgehead atoms. The number of alkyl halides is 1.